The van der Waals surface area contributed by atoms with Gasteiger partial charge in [0.15, 0.2) is 0 Å². The van der Waals surface area contributed by atoms with Crippen LogP contribution in [0.1, 0.15) is 18.9 Å². The molecule has 7 heteroatoms. The molecule has 34 heavy (non-hydrogen) atoms. The van der Waals surface area contributed by atoms with Gasteiger partial charge in [-0.25, -0.2) is 0 Å². The van der Waals surface area contributed by atoms with E-state index in [2.05, 4.69) is 62.3 Å². The van der Waals surface area contributed by atoms with Gasteiger partial charge in [-0.15, -0.1) is 0 Å². The molecule has 2 N–H and O–H groups in total. The molecule has 0 unspecified atom stereocenters. The van der Waals surface area contributed by atoms with E-state index in [1.165, 1.54) is 22.5 Å². The highest BCUT2D eigenvalue weighted by Crippen LogP contribution is 2.41. The number of likely N-dealkylation sites (N-methyl/N-ethyl adjacent to an activating group) is 1. The lowest BCUT2D eigenvalue weighted by Gasteiger charge is -2.42. The molecule has 1 aromatic heterocycles. The van der Waals surface area contributed by atoms with Gasteiger partial charge in [0, 0.05) is 60.9 Å². The van der Waals surface area contributed by atoms with E-state index in [-0.39, 0.29) is 12.1 Å². The maximum Gasteiger partial charge on any atom is 0.101 e. The number of aliphatic hydroxyl groups is 1. The zero-order chi connectivity index (χ0) is 23.4. The number of allylic oxidation sites excluding steroid dienone is 2. The second-order valence-electron chi connectivity index (χ2n) is 9.80. The molecule has 4 aliphatic rings. The second kappa shape index (κ2) is 8.15. The number of rotatable bonds is 3. The quantitative estimate of drug-likeness (QED) is 0.737. The molecule has 2 saturated heterocycles. The van der Waals surface area contributed by atoms with E-state index in [4.69, 9.17) is 0 Å². The summed E-state index contributed by atoms with van der Waals surface area (Å²) in [6.45, 7) is 6.58. The number of hydrogen-bond donors (Lipinski definition) is 2. The fraction of sp³-hybridized carbons (Fsp3) is 0.407. The molecule has 174 valence electrons. The van der Waals surface area contributed by atoms with Gasteiger partial charge in [0.2, 0.25) is 0 Å². The Morgan fingerprint density at radius 1 is 1.15 bits per heavy atom. The van der Waals surface area contributed by atoms with E-state index in [1.807, 2.05) is 19.2 Å². The highest BCUT2D eigenvalue weighted by atomic mass is 16.3. The summed E-state index contributed by atoms with van der Waals surface area (Å²) in [6.07, 6.45) is 7.03. The van der Waals surface area contributed by atoms with Crippen LogP contribution in [-0.2, 0) is 0 Å². The average molecular weight is 455 g/mol. The monoisotopic (exact) mass is 454 g/mol. The summed E-state index contributed by atoms with van der Waals surface area (Å²) >= 11 is 0. The van der Waals surface area contributed by atoms with E-state index >= 15 is 0 Å². The Balaban J connectivity index is 1.31. The van der Waals surface area contributed by atoms with Crippen LogP contribution in [0.5, 0.6) is 0 Å². The number of β-amino-alcohol motifs (C(OH)–C–C–N with tert-alkyl or cyclic N) is 1. The molecule has 7 nitrogen and oxygen atoms in total. The van der Waals surface area contributed by atoms with Gasteiger partial charge in [0.1, 0.15) is 6.07 Å². The first-order valence-electron chi connectivity index (χ1n) is 12.1. The van der Waals surface area contributed by atoms with Crippen LogP contribution in [0, 0.1) is 11.3 Å². The van der Waals surface area contributed by atoms with Crippen molar-refractivity contribution in [3.05, 3.63) is 70.7 Å². The lowest BCUT2D eigenvalue weighted by molar-refractivity contribution is 0.161. The van der Waals surface area contributed by atoms with E-state index < -0.39 is 0 Å². The molecule has 6 rings (SSSR count). The van der Waals surface area contributed by atoms with Crippen LogP contribution >= 0.6 is 0 Å². The Bertz CT molecular complexity index is 1290. The van der Waals surface area contributed by atoms with Crippen molar-refractivity contribution in [1.29, 1.82) is 5.26 Å². The molecule has 0 spiro atoms. The third-order valence-electron chi connectivity index (χ3n) is 7.85. The molecule has 2 aromatic rings. The first-order valence-corrected chi connectivity index (χ1v) is 12.1. The minimum absolute atomic E-state index is 0.124. The number of piperazine rings is 1. The number of benzene rings is 1. The van der Waals surface area contributed by atoms with Crippen LogP contribution in [0.3, 0.4) is 0 Å². The maximum atomic E-state index is 10.3. The van der Waals surface area contributed by atoms with Crippen LogP contribution in [0.2, 0.25) is 0 Å². The predicted octanol–water partition coefficient (Wildman–Crippen LogP) is 2.36. The van der Waals surface area contributed by atoms with Crippen LogP contribution in [-0.4, -0.2) is 77.8 Å². The summed E-state index contributed by atoms with van der Waals surface area (Å²) in [7, 11) is 1.92. The molecule has 2 fully saturated rings. The lowest BCUT2D eigenvalue weighted by atomic mass is 9.96. The second-order valence-corrected chi connectivity index (χ2v) is 9.80. The van der Waals surface area contributed by atoms with E-state index in [0.29, 0.717) is 18.2 Å². The highest BCUT2D eigenvalue weighted by Gasteiger charge is 2.38. The number of aromatic nitrogens is 1. The number of anilines is 1. The van der Waals surface area contributed by atoms with Gasteiger partial charge in [-0.2, -0.15) is 5.26 Å². The minimum Gasteiger partial charge on any atom is -0.390 e. The fourth-order valence-electron chi connectivity index (χ4n) is 6.04. The van der Waals surface area contributed by atoms with Crippen LogP contribution < -0.4 is 10.2 Å². The first-order chi connectivity index (χ1) is 16.6. The zero-order valence-corrected chi connectivity index (χ0v) is 19.7. The number of nitrogens with one attached hydrogen (secondary N) is 1. The summed E-state index contributed by atoms with van der Waals surface area (Å²) in [5.74, 6) is 0. The molecule has 0 bridgehead atoms. The number of likely N-dealkylation sites (tertiary alicyclic amines) is 1. The Morgan fingerprint density at radius 3 is 2.82 bits per heavy atom. The smallest absolute Gasteiger partial charge is 0.101 e. The van der Waals surface area contributed by atoms with E-state index in [1.54, 1.807) is 6.20 Å². The number of pyridine rings is 1. The molecule has 0 radical (unpaired) electrons. The zero-order valence-electron chi connectivity index (χ0n) is 19.7. The summed E-state index contributed by atoms with van der Waals surface area (Å²) in [5.41, 5.74) is 8.06. The van der Waals surface area contributed by atoms with Gasteiger partial charge in [0.05, 0.1) is 29.8 Å². The summed E-state index contributed by atoms with van der Waals surface area (Å²) < 4.78 is 0. The van der Waals surface area contributed by atoms with Crippen molar-refractivity contribution >= 4 is 16.6 Å². The number of hydrogen-bond acceptors (Lipinski definition) is 7. The van der Waals surface area contributed by atoms with Crippen LogP contribution in [0.4, 0.5) is 5.69 Å². The number of nitriles is 1. The van der Waals surface area contributed by atoms with E-state index in [0.717, 1.165) is 49.2 Å². The van der Waals surface area contributed by atoms with Crippen LogP contribution in [0.15, 0.2) is 65.2 Å². The van der Waals surface area contributed by atoms with Crippen molar-refractivity contribution in [2.24, 2.45) is 0 Å². The van der Waals surface area contributed by atoms with Gasteiger partial charge >= 0.3 is 0 Å². The highest BCUT2D eigenvalue weighted by molar-refractivity contribution is 5.95. The lowest BCUT2D eigenvalue weighted by Crippen LogP contribution is -2.49. The maximum absolute atomic E-state index is 10.3. The number of nitrogens with zero attached hydrogens (tertiary/aromatic N) is 5. The van der Waals surface area contributed by atoms with Crippen molar-refractivity contribution in [1.82, 2.24) is 20.1 Å². The number of aliphatic hydroxyl groups excluding tert-OH is 1. The largest absolute Gasteiger partial charge is 0.390 e. The average Bonchev–Trinajstić information content (AvgIpc) is 3.43. The Hall–Kier alpha value is -3.34. The van der Waals surface area contributed by atoms with Crippen LogP contribution in [0.25, 0.3) is 10.9 Å². The van der Waals surface area contributed by atoms with Gasteiger partial charge in [-0.3, -0.25) is 4.98 Å². The normalized spacial score (nSPS) is 26.4. The topological polar surface area (TPSA) is 78.7 Å². The third-order valence-corrected chi connectivity index (χ3v) is 7.85. The molecule has 3 atom stereocenters. The van der Waals surface area contributed by atoms with Crippen molar-refractivity contribution in [2.45, 2.75) is 31.5 Å². The molecular formula is C27H30N6O. The fourth-order valence-corrected chi connectivity index (χ4v) is 6.04. The van der Waals surface area contributed by atoms with Gasteiger partial charge in [-0.1, -0.05) is 6.08 Å². The Labute approximate surface area is 200 Å². The van der Waals surface area contributed by atoms with Crippen molar-refractivity contribution in [3.63, 3.8) is 0 Å². The molecule has 0 saturated carbocycles. The predicted molar refractivity (Wildman–Crippen MR) is 133 cm³/mol. The molecule has 3 aliphatic heterocycles. The van der Waals surface area contributed by atoms with Crippen molar-refractivity contribution in [2.75, 3.05) is 44.7 Å². The molecule has 4 heterocycles. The van der Waals surface area contributed by atoms with Gasteiger partial charge < -0.3 is 25.1 Å². The Morgan fingerprint density at radius 2 is 2.03 bits per heavy atom. The molecular weight excluding hydrogens is 424 g/mol. The third kappa shape index (κ3) is 3.29. The van der Waals surface area contributed by atoms with Gasteiger partial charge in [0.25, 0.3) is 0 Å². The SMILES string of the molecule is CN[C@@H]1CN(C2=CCC3=C4CN(c5ccc(C#N)c6ncccc56)C[C@@H](C)N4CC3=C2)C[C@H]1O. The summed E-state index contributed by atoms with van der Waals surface area (Å²) in [5, 5.41) is 24.1. The number of fused-ring (bicyclic) bond motifs is 3. The van der Waals surface area contributed by atoms with Gasteiger partial charge in [-0.05, 0) is 61.9 Å². The Kier molecular flexibility index (Phi) is 5.09. The summed E-state index contributed by atoms with van der Waals surface area (Å²) in [4.78, 5) is 11.8. The molecule has 0 amide bonds. The molecule has 1 aliphatic carbocycles. The summed E-state index contributed by atoms with van der Waals surface area (Å²) in [6, 6.07) is 10.8. The van der Waals surface area contributed by atoms with Crippen molar-refractivity contribution < 1.29 is 5.11 Å². The standard InChI is InChI=1S/C27H30N6O/c1-17-12-32(24-8-5-18(11-28)27-22(24)4-3-9-30-27)15-25-21-7-6-20(10-19(21)13-33(17)25)31-14-23(29-2)26(34)16-31/h3-6,8-10,17,23,26,29,34H,7,12-16H2,1-2H3/t17-,23-,26-/m1/s1. The first kappa shape index (κ1) is 21.2. The minimum atomic E-state index is -0.329. The van der Waals surface area contributed by atoms with Crippen molar-refractivity contribution in [3.8, 4) is 6.07 Å². The van der Waals surface area contributed by atoms with E-state index in [9.17, 15) is 10.4 Å². The molecule has 1 aromatic carbocycles.